The smallest absolute Gasteiger partial charge is 0.271 e. The highest BCUT2D eigenvalue weighted by molar-refractivity contribution is 6.00. The summed E-state index contributed by atoms with van der Waals surface area (Å²) in [5.41, 5.74) is 0.679. The molecular formula is C18H20N4O5. The first kappa shape index (κ1) is 19.8. The van der Waals surface area contributed by atoms with Crippen LogP contribution >= 0.6 is 0 Å². The van der Waals surface area contributed by atoms with Gasteiger partial charge in [0.1, 0.15) is 0 Å². The van der Waals surface area contributed by atoms with E-state index in [4.69, 9.17) is 0 Å². The minimum atomic E-state index is -0.539. The Labute approximate surface area is 155 Å². The second-order valence-electron chi connectivity index (χ2n) is 6.97. The van der Waals surface area contributed by atoms with E-state index in [0.29, 0.717) is 5.69 Å². The maximum Gasteiger partial charge on any atom is 0.271 e. The lowest BCUT2D eigenvalue weighted by Crippen LogP contribution is -2.40. The van der Waals surface area contributed by atoms with Crippen molar-refractivity contribution in [1.29, 1.82) is 0 Å². The molecule has 0 aliphatic rings. The first-order valence-electron chi connectivity index (χ1n) is 8.15. The van der Waals surface area contributed by atoms with Crippen molar-refractivity contribution in [3.05, 3.63) is 73.8 Å². The van der Waals surface area contributed by atoms with E-state index in [1.807, 2.05) is 20.8 Å². The zero-order valence-electron chi connectivity index (χ0n) is 15.2. The van der Waals surface area contributed by atoms with Gasteiger partial charge in [-0.3, -0.25) is 25.0 Å². The Morgan fingerprint density at radius 1 is 0.963 bits per heavy atom. The second-order valence-corrected chi connectivity index (χ2v) is 6.97. The summed E-state index contributed by atoms with van der Waals surface area (Å²) in [6.45, 7) is 5.75. The Morgan fingerprint density at radius 2 is 1.52 bits per heavy atom. The predicted octanol–water partition coefficient (Wildman–Crippen LogP) is 3.64. The highest BCUT2D eigenvalue weighted by atomic mass is 16.6. The molecular weight excluding hydrogens is 352 g/mol. The monoisotopic (exact) mass is 372 g/mol. The summed E-state index contributed by atoms with van der Waals surface area (Å²) < 4.78 is 0. The zero-order valence-corrected chi connectivity index (χ0v) is 15.2. The highest BCUT2D eigenvalue weighted by Crippen LogP contribution is 2.24. The number of non-ortho nitro benzene ring substituents is 2. The van der Waals surface area contributed by atoms with E-state index in [-0.39, 0.29) is 29.4 Å². The van der Waals surface area contributed by atoms with Gasteiger partial charge in [0.2, 0.25) is 0 Å². The number of nitro benzene ring substituents is 2. The molecule has 0 saturated carbocycles. The number of benzene rings is 2. The van der Waals surface area contributed by atoms with Crippen LogP contribution in [0.15, 0.2) is 42.5 Å². The van der Waals surface area contributed by atoms with Gasteiger partial charge < -0.3 is 10.6 Å². The number of amides is 1. The highest BCUT2D eigenvalue weighted by Gasteiger charge is 2.20. The molecule has 0 aliphatic heterocycles. The first-order valence-corrected chi connectivity index (χ1v) is 8.15. The number of hydrogen-bond acceptors (Lipinski definition) is 6. The molecule has 0 atom stereocenters. The van der Waals surface area contributed by atoms with E-state index in [9.17, 15) is 25.0 Å². The fourth-order valence-electron chi connectivity index (χ4n) is 2.33. The molecule has 0 spiro atoms. The standard InChI is InChI=1S/C18H20N4O5/c1-18(2,3)20-17(23)15-9-8-14(22(26)27)10-16(15)19-11-12-4-6-13(7-5-12)21(24)25/h4-10,19H,11H2,1-3H3,(H,20,23). The molecule has 2 aromatic rings. The Balaban J connectivity index is 2.26. The van der Waals surface area contributed by atoms with Crippen LogP contribution in [0.2, 0.25) is 0 Å². The largest absolute Gasteiger partial charge is 0.380 e. The molecule has 2 rings (SSSR count). The summed E-state index contributed by atoms with van der Waals surface area (Å²) in [6, 6.07) is 9.87. The van der Waals surface area contributed by atoms with Gasteiger partial charge in [-0.1, -0.05) is 12.1 Å². The lowest BCUT2D eigenvalue weighted by molar-refractivity contribution is -0.385. The molecule has 1 amide bonds. The fourth-order valence-corrected chi connectivity index (χ4v) is 2.33. The molecule has 0 saturated heterocycles. The van der Waals surface area contributed by atoms with Crippen molar-refractivity contribution < 1.29 is 14.6 Å². The molecule has 0 fully saturated rings. The average Bonchev–Trinajstić information content (AvgIpc) is 2.58. The number of carbonyl (C=O) groups is 1. The Morgan fingerprint density at radius 3 is 2.04 bits per heavy atom. The van der Waals surface area contributed by atoms with E-state index in [0.717, 1.165) is 5.56 Å². The number of carbonyl (C=O) groups excluding carboxylic acids is 1. The van der Waals surface area contributed by atoms with Crippen LogP contribution in [0.5, 0.6) is 0 Å². The maximum absolute atomic E-state index is 12.5. The van der Waals surface area contributed by atoms with Crippen molar-refractivity contribution in [2.75, 3.05) is 5.32 Å². The van der Waals surface area contributed by atoms with Gasteiger partial charge >= 0.3 is 0 Å². The van der Waals surface area contributed by atoms with Crippen molar-refractivity contribution in [2.24, 2.45) is 0 Å². The van der Waals surface area contributed by atoms with Gasteiger partial charge in [-0.2, -0.15) is 0 Å². The lowest BCUT2D eigenvalue weighted by Gasteiger charge is -2.21. The molecule has 2 aromatic carbocycles. The SMILES string of the molecule is CC(C)(C)NC(=O)c1ccc([N+](=O)[O-])cc1NCc1ccc([N+](=O)[O-])cc1. The molecule has 0 aromatic heterocycles. The Kier molecular flexibility index (Phi) is 5.74. The van der Waals surface area contributed by atoms with Crippen molar-refractivity contribution in [2.45, 2.75) is 32.9 Å². The first-order chi connectivity index (χ1) is 12.6. The topological polar surface area (TPSA) is 127 Å². The van der Waals surface area contributed by atoms with Gasteiger partial charge in [0.25, 0.3) is 17.3 Å². The lowest BCUT2D eigenvalue weighted by atomic mass is 10.1. The van der Waals surface area contributed by atoms with Crippen LogP contribution in [-0.2, 0) is 6.54 Å². The van der Waals surface area contributed by atoms with Gasteiger partial charge in [0.05, 0.1) is 21.1 Å². The molecule has 0 bridgehead atoms. The number of nitrogens with one attached hydrogen (secondary N) is 2. The van der Waals surface area contributed by atoms with E-state index < -0.39 is 15.4 Å². The zero-order chi connectivity index (χ0) is 20.2. The molecule has 2 N–H and O–H groups in total. The summed E-state index contributed by atoms with van der Waals surface area (Å²) >= 11 is 0. The molecule has 0 unspecified atom stereocenters. The molecule has 0 heterocycles. The maximum atomic E-state index is 12.5. The molecule has 0 aliphatic carbocycles. The number of nitro groups is 2. The van der Waals surface area contributed by atoms with Crippen LogP contribution in [0.25, 0.3) is 0 Å². The van der Waals surface area contributed by atoms with Crippen LogP contribution in [0, 0.1) is 20.2 Å². The summed E-state index contributed by atoms with van der Waals surface area (Å²) in [4.78, 5) is 33.2. The average molecular weight is 372 g/mol. The van der Waals surface area contributed by atoms with Gasteiger partial charge in [-0.05, 0) is 32.4 Å². The number of anilines is 1. The third-order valence-electron chi connectivity index (χ3n) is 3.58. The van der Waals surface area contributed by atoms with Crippen LogP contribution in [-0.4, -0.2) is 21.3 Å². The van der Waals surface area contributed by atoms with Gasteiger partial charge in [0, 0.05) is 36.3 Å². The Bertz CT molecular complexity index is 872. The van der Waals surface area contributed by atoms with E-state index in [1.165, 1.54) is 30.3 Å². The number of nitrogens with zero attached hydrogens (tertiary/aromatic N) is 2. The molecule has 0 radical (unpaired) electrons. The van der Waals surface area contributed by atoms with Crippen molar-refractivity contribution in [3.63, 3.8) is 0 Å². The predicted molar refractivity (Wildman–Crippen MR) is 101 cm³/mol. The third-order valence-corrected chi connectivity index (χ3v) is 3.58. The summed E-state index contributed by atoms with van der Waals surface area (Å²) in [6.07, 6.45) is 0. The van der Waals surface area contributed by atoms with E-state index in [1.54, 1.807) is 12.1 Å². The second kappa shape index (κ2) is 7.81. The summed E-state index contributed by atoms with van der Waals surface area (Å²) in [5.74, 6) is -0.358. The summed E-state index contributed by atoms with van der Waals surface area (Å²) in [7, 11) is 0. The quantitative estimate of drug-likeness (QED) is 0.588. The molecule has 142 valence electrons. The van der Waals surface area contributed by atoms with Crippen molar-refractivity contribution in [3.8, 4) is 0 Å². The molecule has 9 nitrogen and oxygen atoms in total. The Hall–Kier alpha value is -3.49. The normalized spacial score (nSPS) is 10.9. The van der Waals surface area contributed by atoms with Gasteiger partial charge in [-0.25, -0.2) is 0 Å². The summed E-state index contributed by atoms with van der Waals surface area (Å²) in [5, 5.41) is 27.6. The number of hydrogen-bond donors (Lipinski definition) is 2. The molecule has 9 heteroatoms. The fraction of sp³-hybridized carbons (Fsp3) is 0.278. The minimum Gasteiger partial charge on any atom is -0.380 e. The van der Waals surface area contributed by atoms with E-state index >= 15 is 0 Å². The van der Waals surface area contributed by atoms with Crippen LogP contribution < -0.4 is 10.6 Å². The van der Waals surface area contributed by atoms with Crippen LogP contribution in [0.4, 0.5) is 17.1 Å². The van der Waals surface area contributed by atoms with Crippen LogP contribution in [0.3, 0.4) is 0 Å². The van der Waals surface area contributed by atoms with E-state index in [2.05, 4.69) is 10.6 Å². The minimum absolute atomic E-state index is 0.0284. The molecule has 27 heavy (non-hydrogen) atoms. The number of rotatable bonds is 6. The van der Waals surface area contributed by atoms with Crippen LogP contribution in [0.1, 0.15) is 36.7 Å². The van der Waals surface area contributed by atoms with Crippen molar-refractivity contribution >= 4 is 23.0 Å². The third kappa shape index (κ3) is 5.50. The van der Waals surface area contributed by atoms with Gasteiger partial charge in [-0.15, -0.1) is 0 Å². The van der Waals surface area contributed by atoms with Gasteiger partial charge in [0.15, 0.2) is 0 Å². The van der Waals surface area contributed by atoms with Crippen molar-refractivity contribution in [1.82, 2.24) is 5.32 Å².